The summed E-state index contributed by atoms with van der Waals surface area (Å²) in [5.41, 5.74) is 2.61. The third kappa shape index (κ3) is 3.29. The number of phenols is 1. The Morgan fingerprint density at radius 3 is 2.48 bits per heavy atom. The number of hydrogen-bond acceptors (Lipinski definition) is 6. The smallest absolute Gasteiger partial charge is 0.168 e. The highest BCUT2D eigenvalue weighted by atomic mass is 79.9. The van der Waals surface area contributed by atoms with Crippen molar-refractivity contribution in [2.45, 2.75) is 0 Å². The maximum atomic E-state index is 10.1. The van der Waals surface area contributed by atoms with Gasteiger partial charge in [-0.2, -0.15) is 5.10 Å². The highest BCUT2D eigenvalue weighted by Gasteiger charge is 2.22. The molecular formula is C21H19BrN6O. The summed E-state index contributed by atoms with van der Waals surface area (Å²) < 4.78 is 2.83. The summed E-state index contributed by atoms with van der Waals surface area (Å²) in [5.74, 6) is 1.22. The van der Waals surface area contributed by atoms with Crippen LogP contribution in [-0.4, -0.2) is 51.0 Å². The summed E-state index contributed by atoms with van der Waals surface area (Å²) in [5, 5.41) is 15.6. The van der Waals surface area contributed by atoms with Gasteiger partial charge >= 0.3 is 0 Å². The lowest BCUT2D eigenvalue weighted by molar-refractivity contribution is 0.472. The maximum absolute atomic E-state index is 10.1. The number of para-hydroxylation sites is 2. The summed E-state index contributed by atoms with van der Waals surface area (Å²) in [7, 11) is 0. The van der Waals surface area contributed by atoms with Crippen LogP contribution in [0.4, 0.5) is 11.5 Å². The molecule has 3 heterocycles. The fourth-order valence-corrected chi connectivity index (χ4v) is 4.16. The largest absolute Gasteiger partial charge is 0.506 e. The molecule has 1 saturated heterocycles. The van der Waals surface area contributed by atoms with E-state index in [0.29, 0.717) is 5.75 Å². The Morgan fingerprint density at radius 2 is 1.69 bits per heavy atom. The number of nitrogens with zero attached hydrogens (tertiary/aromatic N) is 6. The van der Waals surface area contributed by atoms with Crippen LogP contribution in [-0.2, 0) is 0 Å². The molecule has 0 aliphatic carbocycles. The molecule has 4 aromatic rings. The summed E-state index contributed by atoms with van der Waals surface area (Å²) in [6.07, 6.45) is 3.43. The number of piperazine rings is 1. The van der Waals surface area contributed by atoms with Crippen molar-refractivity contribution in [2.24, 2.45) is 0 Å². The minimum Gasteiger partial charge on any atom is -0.506 e. The van der Waals surface area contributed by atoms with Crippen LogP contribution in [0, 0.1) is 0 Å². The molecule has 0 radical (unpaired) electrons. The molecule has 2 aromatic heterocycles. The number of aromatic hydroxyl groups is 1. The van der Waals surface area contributed by atoms with Crippen LogP contribution >= 0.6 is 15.9 Å². The number of halogens is 1. The van der Waals surface area contributed by atoms with Crippen LogP contribution in [0.2, 0.25) is 0 Å². The first-order valence-electron chi connectivity index (χ1n) is 9.43. The molecule has 0 amide bonds. The van der Waals surface area contributed by atoms with Gasteiger partial charge in [0.05, 0.1) is 23.0 Å². The van der Waals surface area contributed by atoms with Crippen LogP contribution in [0.5, 0.6) is 5.75 Å². The third-order valence-electron chi connectivity index (χ3n) is 5.20. The highest BCUT2D eigenvalue weighted by Crippen LogP contribution is 2.30. The van der Waals surface area contributed by atoms with Gasteiger partial charge in [0, 0.05) is 30.7 Å². The molecule has 0 bridgehead atoms. The van der Waals surface area contributed by atoms with Crippen molar-refractivity contribution in [3.05, 3.63) is 65.5 Å². The van der Waals surface area contributed by atoms with Crippen LogP contribution in [0.25, 0.3) is 16.7 Å². The van der Waals surface area contributed by atoms with Gasteiger partial charge in [0.1, 0.15) is 17.9 Å². The van der Waals surface area contributed by atoms with Gasteiger partial charge in [-0.25, -0.2) is 14.6 Å². The van der Waals surface area contributed by atoms with Gasteiger partial charge in [0.2, 0.25) is 0 Å². The number of hydrogen-bond donors (Lipinski definition) is 1. The second kappa shape index (κ2) is 7.36. The van der Waals surface area contributed by atoms with Crippen molar-refractivity contribution < 1.29 is 5.11 Å². The molecule has 2 aromatic carbocycles. The maximum Gasteiger partial charge on any atom is 0.168 e. The van der Waals surface area contributed by atoms with Gasteiger partial charge in [0.15, 0.2) is 5.65 Å². The molecule has 29 heavy (non-hydrogen) atoms. The topological polar surface area (TPSA) is 70.3 Å². The van der Waals surface area contributed by atoms with E-state index in [1.54, 1.807) is 12.4 Å². The molecule has 8 heteroatoms. The molecule has 146 valence electrons. The second-order valence-corrected chi connectivity index (χ2v) is 7.85. The SMILES string of the molecule is Oc1ccccc1N1CCN(c2ncnc3c2cnn3-c2cccc(Br)c2)CC1. The predicted octanol–water partition coefficient (Wildman–Crippen LogP) is 3.61. The number of fused-ring (bicyclic) bond motifs is 1. The van der Waals surface area contributed by atoms with E-state index in [2.05, 4.69) is 40.8 Å². The van der Waals surface area contributed by atoms with Gasteiger partial charge in [-0.3, -0.25) is 0 Å². The van der Waals surface area contributed by atoms with E-state index in [9.17, 15) is 5.11 Å². The monoisotopic (exact) mass is 450 g/mol. The second-order valence-electron chi connectivity index (χ2n) is 6.93. The Bertz CT molecular complexity index is 1170. The Labute approximate surface area is 176 Å². The quantitative estimate of drug-likeness (QED) is 0.513. The molecule has 0 atom stereocenters. The molecule has 1 aliphatic rings. The van der Waals surface area contributed by atoms with Crippen molar-refractivity contribution in [2.75, 3.05) is 36.0 Å². The molecule has 7 nitrogen and oxygen atoms in total. The Kier molecular flexibility index (Phi) is 4.55. The number of anilines is 2. The van der Waals surface area contributed by atoms with Crippen molar-refractivity contribution in [3.63, 3.8) is 0 Å². The average Bonchev–Trinajstić information content (AvgIpc) is 3.19. The summed E-state index contributed by atoms with van der Waals surface area (Å²) in [4.78, 5) is 13.5. The van der Waals surface area contributed by atoms with E-state index in [1.165, 1.54) is 0 Å². The van der Waals surface area contributed by atoms with E-state index in [4.69, 9.17) is 0 Å². The molecule has 0 unspecified atom stereocenters. The third-order valence-corrected chi connectivity index (χ3v) is 5.69. The zero-order valence-corrected chi connectivity index (χ0v) is 17.2. The number of rotatable bonds is 3. The number of phenolic OH excluding ortho intramolecular Hbond substituents is 1. The summed E-state index contributed by atoms with van der Waals surface area (Å²) in [6, 6.07) is 15.5. The normalized spacial score (nSPS) is 14.5. The van der Waals surface area contributed by atoms with Crippen molar-refractivity contribution >= 4 is 38.5 Å². The summed E-state index contributed by atoms with van der Waals surface area (Å²) >= 11 is 3.51. The minimum absolute atomic E-state index is 0.320. The lowest BCUT2D eigenvalue weighted by Crippen LogP contribution is -2.46. The van der Waals surface area contributed by atoms with E-state index >= 15 is 0 Å². The molecule has 0 spiro atoms. The predicted molar refractivity (Wildman–Crippen MR) is 117 cm³/mol. The van der Waals surface area contributed by atoms with Crippen molar-refractivity contribution in [3.8, 4) is 11.4 Å². The standard InChI is InChI=1S/C21H19BrN6O/c22-15-4-3-5-16(12-15)28-21-17(13-25-28)20(23-14-24-21)27-10-8-26(9-11-27)18-6-1-2-7-19(18)29/h1-7,12-14,29H,8-11H2. The first kappa shape index (κ1) is 17.9. The van der Waals surface area contributed by atoms with E-state index in [-0.39, 0.29) is 0 Å². The Balaban J connectivity index is 1.43. The van der Waals surface area contributed by atoms with Crippen molar-refractivity contribution in [1.29, 1.82) is 0 Å². The first-order chi connectivity index (χ1) is 14.2. The Hall–Kier alpha value is -3.13. The van der Waals surface area contributed by atoms with Crippen LogP contribution < -0.4 is 9.80 Å². The molecule has 0 saturated carbocycles. The van der Waals surface area contributed by atoms with Crippen LogP contribution in [0.1, 0.15) is 0 Å². The van der Waals surface area contributed by atoms with E-state index in [1.807, 2.05) is 53.3 Å². The van der Waals surface area contributed by atoms with Gasteiger partial charge in [-0.05, 0) is 30.3 Å². The zero-order valence-electron chi connectivity index (χ0n) is 15.6. The fraction of sp³-hybridized carbons (Fsp3) is 0.190. The van der Waals surface area contributed by atoms with Gasteiger partial charge < -0.3 is 14.9 Å². The first-order valence-corrected chi connectivity index (χ1v) is 10.2. The summed E-state index contributed by atoms with van der Waals surface area (Å²) in [6.45, 7) is 3.23. The van der Waals surface area contributed by atoms with Gasteiger partial charge in [-0.15, -0.1) is 0 Å². The van der Waals surface area contributed by atoms with Crippen LogP contribution in [0.15, 0.2) is 65.5 Å². The highest BCUT2D eigenvalue weighted by molar-refractivity contribution is 9.10. The molecule has 1 fully saturated rings. The Morgan fingerprint density at radius 1 is 0.897 bits per heavy atom. The lowest BCUT2D eigenvalue weighted by atomic mass is 10.2. The lowest BCUT2D eigenvalue weighted by Gasteiger charge is -2.37. The minimum atomic E-state index is 0.320. The van der Waals surface area contributed by atoms with E-state index < -0.39 is 0 Å². The number of aromatic nitrogens is 4. The molecule has 1 aliphatic heterocycles. The van der Waals surface area contributed by atoms with E-state index in [0.717, 1.165) is 58.9 Å². The molecule has 1 N–H and O–H groups in total. The zero-order chi connectivity index (χ0) is 19.8. The average molecular weight is 451 g/mol. The van der Waals surface area contributed by atoms with Gasteiger partial charge in [-0.1, -0.05) is 34.1 Å². The number of benzene rings is 2. The molecular weight excluding hydrogens is 432 g/mol. The fourth-order valence-electron chi connectivity index (χ4n) is 3.77. The van der Waals surface area contributed by atoms with Crippen molar-refractivity contribution in [1.82, 2.24) is 19.7 Å². The van der Waals surface area contributed by atoms with Crippen LogP contribution in [0.3, 0.4) is 0 Å². The van der Waals surface area contributed by atoms with Gasteiger partial charge in [0.25, 0.3) is 0 Å². The molecule has 5 rings (SSSR count).